The summed E-state index contributed by atoms with van der Waals surface area (Å²) in [7, 11) is 1.86. The summed E-state index contributed by atoms with van der Waals surface area (Å²) in [5.74, 6) is -0.154. The van der Waals surface area contributed by atoms with Crippen molar-refractivity contribution in [2.45, 2.75) is 26.3 Å². The van der Waals surface area contributed by atoms with Crippen molar-refractivity contribution < 1.29 is 4.39 Å². The standard InChI is InChI=1S/C17H20FN/c1-4-13-6-8-14(9-7-13)17(19-3)15-10-5-12(2)11-16(15)18/h5-11,17,19H,4H2,1-3H3. The average molecular weight is 257 g/mol. The van der Waals surface area contributed by atoms with E-state index in [0.717, 1.165) is 17.5 Å². The minimum atomic E-state index is -0.154. The monoisotopic (exact) mass is 257 g/mol. The quantitative estimate of drug-likeness (QED) is 0.872. The summed E-state index contributed by atoms with van der Waals surface area (Å²) < 4.78 is 14.1. The molecule has 0 aliphatic heterocycles. The van der Waals surface area contributed by atoms with Crippen LogP contribution in [0.1, 0.15) is 35.2 Å². The van der Waals surface area contributed by atoms with Crippen molar-refractivity contribution in [2.24, 2.45) is 0 Å². The fraction of sp³-hybridized carbons (Fsp3) is 0.294. The predicted molar refractivity (Wildman–Crippen MR) is 77.9 cm³/mol. The molecule has 100 valence electrons. The number of nitrogens with one attached hydrogen (secondary N) is 1. The Morgan fingerprint density at radius 1 is 1.11 bits per heavy atom. The van der Waals surface area contributed by atoms with Crippen LogP contribution in [0.3, 0.4) is 0 Å². The first-order valence-corrected chi connectivity index (χ1v) is 6.68. The fourth-order valence-corrected chi connectivity index (χ4v) is 2.31. The number of aryl methyl sites for hydroxylation is 2. The Morgan fingerprint density at radius 3 is 2.32 bits per heavy atom. The Morgan fingerprint density at radius 2 is 1.79 bits per heavy atom. The molecule has 19 heavy (non-hydrogen) atoms. The molecule has 0 spiro atoms. The molecule has 2 heteroatoms. The van der Waals surface area contributed by atoms with Gasteiger partial charge >= 0.3 is 0 Å². The van der Waals surface area contributed by atoms with Crippen molar-refractivity contribution in [3.05, 3.63) is 70.5 Å². The third-order valence-electron chi connectivity index (χ3n) is 3.48. The van der Waals surface area contributed by atoms with Crippen molar-refractivity contribution in [1.82, 2.24) is 5.32 Å². The Hall–Kier alpha value is -1.67. The van der Waals surface area contributed by atoms with Crippen LogP contribution < -0.4 is 5.32 Å². The zero-order chi connectivity index (χ0) is 13.8. The zero-order valence-corrected chi connectivity index (χ0v) is 11.7. The van der Waals surface area contributed by atoms with Gasteiger partial charge in [-0.1, -0.05) is 43.3 Å². The van der Waals surface area contributed by atoms with Crippen molar-refractivity contribution >= 4 is 0 Å². The van der Waals surface area contributed by atoms with Crippen LogP contribution in [-0.2, 0) is 6.42 Å². The van der Waals surface area contributed by atoms with E-state index in [1.54, 1.807) is 6.07 Å². The maximum Gasteiger partial charge on any atom is 0.128 e. The van der Waals surface area contributed by atoms with Crippen LogP contribution in [0.25, 0.3) is 0 Å². The van der Waals surface area contributed by atoms with Gasteiger partial charge in [-0.2, -0.15) is 0 Å². The largest absolute Gasteiger partial charge is 0.309 e. The highest BCUT2D eigenvalue weighted by atomic mass is 19.1. The molecule has 2 aromatic carbocycles. The van der Waals surface area contributed by atoms with Gasteiger partial charge in [-0.25, -0.2) is 4.39 Å². The van der Waals surface area contributed by atoms with Gasteiger partial charge in [0.15, 0.2) is 0 Å². The van der Waals surface area contributed by atoms with Gasteiger partial charge in [-0.05, 0) is 43.1 Å². The number of benzene rings is 2. The van der Waals surface area contributed by atoms with E-state index in [1.807, 2.05) is 26.1 Å². The van der Waals surface area contributed by atoms with E-state index >= 15 is 0 Å². The van der Waals surface area contributed by atoms with E-state index in [0.29, 0.717) is 5.56 Å². The predicted octanol–water partition coefficient (Wildman–Crippen LogP) is 4.01. The van der Waals surface area contributed by atoms with Crippen LogP contribution in [0.15, 0.2) is 42.5 Å². The molecule has 2 rings (SSSR count). The summed E-state index contributed by atoms with van der Waals surface area (Å²) in [5, 5.41) is 3.19. The van der Waals surface area contributed by atoms with E-state index in [-0.39, 0.29) is 11.9 Å². The molecule has 2 aromatic rings. The van der Waals surface area contributed by atoms with E-state index in [1.165, 1.54) is 5.56 Å². The first-order valence-electron chi connectivity index (χ1n) is 6.68. The van der Waals surface area contributed by atoms with Crippen LogP contribution in [0.4, 0.5) is 4.39 Å². The second kappa shape index (κ2) is 5.98. The Kier molecular flexibility index (Phi) is 4.33. The molecule has 0 saturated carbocycles. The topological polar surface area (TPSA) is 12.0 Å². The minimum Gasteiger partial charge on any atom is -0.309 e. The number of halogens is 1. The number of hydrogen-bond acceptors (Lipinski definition) is 1. The van der Waals surface area contributed by atoms with Gasteiger partial charge in [-0.15, -0.1) is 0 Å². The molecule has 0 aromatic heterocycles. The molecule has 0 amide bonds. The molecule has 0 saturated heterocycles. The Bertz CT molecular complexity index is 546. The van der Waals surface area contributed by atoms with Crippen LogP contribution in [0.5, 0.6) is 0 Å². The van der Waals surface area contributed by atoms with E-state index in [9.17, 15) is 4.39 Å². The van der Waals surface area contributed by atoms with Gasteiger partial charge in [0.1, 0.15) is 5.82 Å². The lowest BCUT2D eigenvalue weighted by Gasteiger charge is -2.18. The molecular weight excluding hydrogens is 237 g/mol. The summed E-state index contributed by atoms with van der Waals surface area (Å²) in [6, 6.07) is 13.6. The summed E-state index contributed by atoms with van der Waals surface area (Å²) >= 11 is 0. The van der Waals surface area contributed by atoms with Crippen molar-refractivity contribution in [1.29, 1.82) is 0 Å². The fourth-order valence-electron chi connectivity index (χ4n) is 2.31. The Balaban J connectivity index is 2.37. The average Bonchev–Trinajstić information content (AvgIpc) is 2.42. The van der Waals surface area contributed by atoms with Gasteiger partial charge in [-0.3, -0.25) is 0 Å². The highest BCUT2D eigenvalue weighted by molar-refractivity contribution is 5.35. The smallest absolute Gasteiger partial charge is 0.128 e. The van der Waals surface area contributed by atoms with Crippen LogP contribution in [0, 0.1) is 12.7 Å². The molecular formula is C17H20FN. The van der Waals surface area contributed by atoms with Gasteiger partial charge in [0.2, 0.25) is 0 Å². The van der Waals surface area contributed by atoms with E-state index < -0.39 is 0 Å². The summed E-state index contributed by atoms with van der Waals surface area (Å²) in [5.41, 5.74) is 4.01. The first-order chi connectivity index (χ1) is 9.15. The van der Waals surface area contributed by atoms with Crippen molar-refractivity contribution in [2.75, 3.05) is 7.05 Å². The highest BCUT2D eigenvalue weighted by Crippen LogP contribution is 2.25. The summed E-state index contributed by atoms with van der Waals surface area (Å²) in [6.07, 6.45) is 1.02. The molecule has 1 atom stereocenters. The molecule has 1 nitrogen and oxygen atoms in total. The SMILES string of the molecule is CCc1ccc(C(NC)c2ccc(C)cc2F)cc1. The molecule has 1 unspecified atom stereocenters. The molecule has 0 aliphatic rings. The van der Waals surface area contributed by atoms with Gasteiger partial charge in [0.25, 0.3) is 0 Å². The normalized spacial score (nSPS) is 12.4. The van der Waals surface area contributed by atoms with Crippen molar-refractivity contribution in [3.63, 3.8) is 0 Å². The third-order valence-corrected chi connectivity index (χ3v) is 3.48. The number of rotatable bonds is 4. The molecule has 0 fully saturated rings. The van der Waals surface area contributed by atoms with Crippen LogP contribution in [-0.4, -0.2) is 7.05 Å². The van der Waals surface area contributed by atoms with E-state index in [2.05, 4.69) is 36.5 Å². The maximum atomic E-state index is 14.1. The van der Waals surface area contributed by atoms with Gasteiger partial charge in [0, 0.05) is 5.56 Å². The minimum absolute atomic E-state index is 0.105. The second-order valence-electron chi connectivity index (χ2n) is 4.84. The van der Waals surface area contributed by atoms with Gasteiger partial charge < -0.3 is 5.32 Å². The summed E-state index contributed by atoms with van der Waals surface area (Å²) in [4.78, 5) is 0. The summed E-state index contributed by atoms with van der Waals surface area (Å²) in [6.45, 7) is 4.03. The second-order valence-corrected chi connectivity index (χ2v) is 4.84. The molecule has 0 aliphatic carbocycles. The lowest BCUT2D eigenvalue weighted by Crippen LogP contribution is -2.19. The van der Waals surface area contributed by atoms with Crippen LogP contribution in [0.2, 0.25) is 0 Å². The van der Waals surface area contributed by atoms with Crippen molar-refractivity contribution in [3.8, 4) is 0 Å². The molecule has 0 bridgehead atoms. The van der Waals surface area contributed by atoms with E-state index in [4.69, 9.17) is 0 Å². The lowest BCUT2D eigenvalue weighted by molar-refractivity contribution is 0.575. The molecule has 0 radical (unpaired) electrons. The third kappa shape index (κ3) is 3.02. The molecule has 1 N–H and O–H groups in total. The molecule has 0 heterocycles. The Labute approximate surface area is 114 Å². The lowest BCUT2D eigenvalue weighted by atomic mass is 9.96. The van der Waals surface area contributed by atoms with Gasteiger partial charge in [0.05, 0.1) is 6.04 Å². The highest BCUT2D eigenvalue weighted by Gasteiger charge is 2.15. The van der Waals surface area contributed by atoms with Crippen LogP contribution >= 0.6 is 0 Å². The number of hydrogen-bond donors (Lipinski definition) is 1. The maximum absolute atomic E-state index is 14.1. The first kappa shape index (κ1) is 13.8. The zero-order valence-electron chi connectivity index (χ0n) is 11.7.